The van der Waals surface area contributed by atoms with Crippen LogP contribution in [0.3, 0.4) is 0 Å². The molecule has 1 heterocycles. The van der Waals surface area contributed by atoms with E-state index in [-0.39, 0.29) is 26.9 Å². The molecule has 2 atom stereocenters. The third-order valence-corrected chi connectivity index (χ3v) is 8.90. The SMILES string of the molecule is CCCC1SC(=N)C(O)(c2ccc(Cl)c(S(=O)(=O)NCc3ccccc3Cl)c2)N1CCC. The van der Waals surface area contributed by atoms with Gasteiger partial charge in [-0.05, 0) is 36.6 Å². The molecule has 3 rings (SSSR count). The molecule has 32 heavy (non-hydrogen) atoms. The summed E-state index contributed by atoms with van der Waals surface area (Å²) in [5.74, 6) is 0. The summed E-state index contributed by atoms with van der Waals surface area (Å²) in [6.45, 7) is 4.64. The number of nitrogens with one attached hydrogen (secondary N) is 2. The molecule has 1 fully saturated rings. The van der Waals surface area contributed by atoms with E-state index in [0.717, 1.165) is 19.3 Å². The maximum atomic E-state index is 13.1. The summed E-state index contributed by atoms with van der Waals surface area (Å²) in [7, 11) is -4.00. The fraction of sp³-hybridized carbons (Fsp3) is 0.409. The minimum atomic E-state index is -4.00. The molecule has 0 aromatic heterocycles. The van der Waals surface area contributed by atoms with E-state index in [1.165, 1.54) is 23.9 Å². The second kappa shape index (κ2) is 10.4. The number of thioether (sulfide) groups is 1. The Hall–Kier alpha value is -1.13. The van der Waals surface area contributed by atoms with Crippen molar-refractivity contribution in [2.24, 2.45) is 0 Å². The second-order valence-electron chi connectivity index (χ2n) is 7.62. The molecule has 2 aromatic rings. The van der Waals surface area contributed by atoms with Crippen LogP contribution in [0.4, 0.5) is 0 Å². The first-order valence-electron chi connectivity index (χ1n) is 10.4. The van der Waals surface area contributed by atoms with Gasteiger partial charge in [-0.15, -0.1) is 0 Å². The molecule has 0 spiro atoms. The van der Waals surface area contributed by atoms with Crippen molar-refractivity contribution in [3.05, 3.63) is 63.6 Å². The smallest absolute Gasteiger partial charge is 0.242 e. The van der Waals surface area contributed by atoms with E-state index in [2.05, 4.69) is 11.6 Å². The molecular weight excluding hydrogens is 489 g/mol. The molecule has 1 saturated heterocycles. The monoisotopic (exact) mass is 515 g/mol. The summed E-state index contributed by atoms with van der Waals surface area (Å²) in [4.78, 5) is 1.73. The molecule has 0 amide bonds. The molecule has 3 N–H and O–H groups in total. The van der Waals surface area contributed by atoms with Crippen LogP contribution in [-0.4, -0.2) is 35.4 Å². The highest BCUT2D eigenvalue weighted by atomic mass is 35.5. The predicted octanol–water partition coefficient (Wildman–Crippen LogP) is 5.18. The second-order valence-corrected chi connectivity index (χ2v) is 11.4. The van der Waals surface area contributed by atoms with Crippen LogP contribution in [0.15, 0.2) is 47.4 Å². The maximum Gasteiger partial charge on any atom is 0.242 e. The van der Waals surface area contributed by atoms with E-state index in [0.29, 0.717) is 22.7 Å². The van der Waals surface area contributed by atoms with Gasteiger partial charge >= 0.3 is 0 Å². The van der Waals surface area contributed by atoms with Gasteiger partial charge < -0.3 is 5.11 Å². The number of hydrogen-bond donors (Lipinski definition) is 3. The van der Waals surface area contributed by atoms with Gasteiger partial charge in [-0.25, -0.2) is 13.1 Å². The molecule has 6 nitrogen and oxygen atoms in total. The van der Waals surface area contributed by atoms with Gasteiger partial charge in [0.15, 0.2) is 5.72 Å². The molecule has 0 radical (unpaired) electrons. The summed E-state index contributed by atoms with van der Waals surface area (Å²) in [5.41, 5.74) is -0.753. The average molecular weight is 517 g/mol. The van der Waals surface area contributed by atoms with Gasteiger partial charge in [0.2, 0.25) is 10.0 Å². The zero-order chi connectivity index (χ0) is 23.5. The van der Waals surface area contributed by atoms with E-state index >= 15 is 0 Å². The largest absolute Gasteiger partial charge is 0.366 e. The number of benzene rings is 2. The highest BCUT2D eigenvalue weighted by Crippen LogP contribution is 2.46. The van der Waals surface area contributed by atoms with Gasteiger partial charge in [0.1, 0.15) is 9.94 Å². The van der Waals surface area contributed by atoms with Crippen molar-refractivity contribution in [2.75, 3.05) is 6.54 Å². The highest BCUT2D eigenvalue weighted by Gasteiger charge is 2.51. The molecule has 2 aromatic carbocycles. The Morgan fingerprint density at radius 3 is 2.53 bits per heavy atom. The number of aliphatic hydroxyl groups is 1. The quantitative estimate of drug-likeness (QED) is 0.427. The lowest BCUT2D eigenvalue weighted by atomic mass is 10.0. The Kier molecular flexibility index (Phi) is 8.30. The summed E-state index contributed by atoms with van der Waals surface area (Å²) in [6.07, 6.45) is 2.51. The molecular formula is C22H27Cl2N3O3S2. The van der Waals surface area contributed by atoms with E-state index < -0.39 is 15.7 Å². The summed E-state index contributed by atoms with van der Waals surface area (Å²) < 4.78 is 28.7. The van der Waals surface area contributed by atoms with Crippen molar-refractivity contribution in [1.29, 1.82) is 5.41 Å². The topological polar surface area (TPSA) is 93.5 Å². The van der Waals surface area contributed by atoms with Crippen molar-refractivity contribution in [3.8, 4) is 0 Å². The summed E-state index contributed by atoms with van der Waals surface area (Å²) >= 11 is 13.7. The Labute approximate surface area is 203 Å². The Balaban J connectivity index is 1.96. The number of nitrogens with zero attached hydrogens (tertiary/aromatic N) is 1. The van der Waals surface area contributed by atoms with Crippen LogP contribution in [0, 0.1) is 5.41 Å². The minimum Gasteiger partial charge on any atom is -0.366 e. The van der Waals surface area contributed by atoms with Crippen molar-refractivity contribution >= 4 is 50.0 Å². The molecule has 174 valence electrons. The number of rotatable bonds is 9. The average Bonchev–Trinajstić information content (AvgIpc) is 2.99. The third-order valence-electron chi connectivity index (χ3n) is 5.37. The Morgan fingerprint density at radius 1 is 1.16 bits per heavy atom. The molecule has 0 bridgehead atoms. The van der Waals surface area contributed by atoms with Crippen LogP contribution in [0.2, 0.25) is 10.0 Å². The van der Waals surface area contributed by atoms with Crippen LogP contribution in [-0.2, 0) is 22.3 Å². The van der Waals surface area contributed by atoms with Crippen molar-refractivity contribution in [3.63, 3.8) is 0 Å². The molecule has 2 unspecified atom stereocenters. The molecule has 1 aliphatic rings. The normalized spacial score (nSPS) is 21.9. The number of hydrogen-bond acceptors (Lipinski definition) is 6. The van der Waals surface area contributed by atoms with Gasteiger partial charge in [-0.2, -0.15) is 0 Å². The van der Waals surface area contributed by atoms with Gasteiger partial charge in [-0.3, -0.25) is 10.3 Å². The van der Waals surface area contributed by atoms with Crippen molar-refractivity contribution in [1.82, 2.24) is 9.62 Å². The van der Waals surface area contributed by atoms with E-state index in [4.69, 9.17) is 28.6 Å². The lowest BCUT2D eigenvalue weighted by molar-refractivity contribution is -0.0557. The standard InChI is InChI=1S/C22H27Cl2N3O3S2/c1-3-7-20-27(12-4-2)22(28,21(25)31-20)16-10-11-18(24)19(13-16)32(29,30)26-14-15-8-5-6-9-17(15)23/h5-6,8-11,13,20,25-26,28H,3-4,7,12,14H2,1-2H3. The highest BCUT2D eigenvalue weighted by molar-refractivity contribution is 8.14. The van der Waals surface area contributed by atoms with Crippen LogP contribution in [0.25, 0.3) is 0 Å². The van der Waals surface area contributed by atoms with Crippen molar-refractivity contribution < 1.29 is 13.5 Å². The third kappa shape index (κ3) is 5.01. The van der Waals surface area contributed by atoms with Gasteiger partial charge in [0, 0.05) is 23.7 Å². The van der Waals surface area contributed by atoms with E-state index in [9.17, 15) is 13.5 Å². The summed E-state index contributed by atoms with van der Waals surface area (Å²) in [6, 6.07) is 11.4. The molecule has 1 aliphatic heterocycles. The summed E-state index contributed by atoms with van der Waals surface area (Å²) in [5, 5.41) is 20.7. The van der Waals surface area contributed by atoms with Gasteiger partial charge in [0.05, 0.1) is 10.4 Å². The minimum absolute atomic E-state index is 0.000956. The number of sulfonamides is 1. The lowest BCUT2D eigenvalue weighted by Gasteiger charge is -2.36. The Bertz CT molecular complexity index is 1100. The van der Waals surface area contributed by atoms with Crippen LogP contribution >= 0.6 is 35.0 Å². The first kappa shape index (κ1) is 25.5. The van der Waals surface area contributed by atoms with Crippen LogP contribution in [0.5, 0.6) is 0 Å². The molecule has 0 saturated carbocycles. The van der Waals surface area contributed by atoms with Crippen molar-refractivity contribution in [2.45, 2.75) is 55.6 Å². The number of halogens is 2. The van der Waals surface area contributed by atoms with Gasteiger partial charge in [0.25, 0.3) is 0 Å². The van der Waals surface area contributed by atoms with E-state index in [1.807, 2.05) is 11.8 Å². The zero-order valence-electron chi connectivity index (χ0n) is 17.9. The molecule has 10 heteroatoms. The van der Waals surface area contributed by atoms with Crippen LogP contribution < -0.4 is 4.72 Å². The first-order valence-corrected chi connectivity index (χ1v) is 13.5. The fourth-order valence-electron chi connectivity index (χ4n) is 3.74. The van der Waals surface area contributed by atoms with Crippen LogP contribution in [0.1, 0.15) is 44.2 Å². The van der Waals surface area contributed by atoms with E-state index in [1.54, 1.807) is 30.3 Å². The molecule has 0 aliphatic carbocycles. The lowest BCUT2D eigenvalue weighted by Crippen LogP contribution is -2.48. The predicted molar refractivity (Wildman–Crippen MR) is 132 cm³/mol. The fourth-order valence-corrected chi connectivity index (χ4v) is 6.89. The first-order chi connectivity index (χ1) is 15.1. The Morgan fingerprint density at radius 2 is 1.88 bits per heavy atom. The van der Waals surface area contributed by atoms with Gasteiger partial charge in [-0.1, -0.05) is 79.5 Å². The zero-order valence-corrected chi connectivity index (χ0v) is 21.1. The maximum absolute atomic E-state index is 13.1.